The topological polar surface area (TPSA) is 105 Å². The number of aromatic nitrogens is 2. The molecule has 2 saturated carbocycles. The molecule has 9 heteroatoms. The standard InChI is InChI=1S/C19H30N4O4S/c1-3-28(25,26)22-16-9-15-11-23(17(24)8-14-6-4-5-7-14)12-19(15,10-16)18-20-13(2)21-27-18/h14-16,22H,3-12H2,1-2H3/t15?,16-,19+/m1/s1. The number of hydrogen-bond donors (Lipinski definition) is 1. The van der Waals surface area contributed by atoms with E-state index in [-0.39, 0.29) is 23.6 Å². The van der Waals surface area contributed by atoms with Crippen LogP contribution < -0.4 is 4.72 Å². The van der Waals surface area contributed by atoms with Gasteiger partial charge in [0.05, 0.1) is 11.2 Å². The first-order valence-corrected chi connectivity index (χ1v) is 12.0. The van der Waals surface area contributed by atoms with E-state index >= 15 is 0 Å². The summed E-state index contributed by atoms with van der Waals surface area (Å²) in [4.78, 5) is 19.3. The highest BCUT2D eigenvalue weighted by molar-refractivity contribution is 7.89. The molecule has 2 heterocycles. The third kappa shape index (κ3) is 3.70. The van der Waals surface area contributed by atoms with Gasteiger partial charge in [-0.25, -0.2) is 13.1 Å². The largest absolute Gasteiger partial charge is 0.341 e. The molecule has 4 rings (SSSR count). The van der Waals surface area contributed by atoms with E-state index in [0.717, 1.165) is 12.8 Å². The second kappa shape index (κ2) is 7.40. The Kier molecular flexibility index (Phi) is 5.24. The molecule has 3 fully saturated rings. The van der Waals surface area contributed by atoms with Gasteiger partial charge in [0.15, 0.2) is 5.82 Å². The van der Waals surface area contributed by atoms with Crippen LogP contribution in [-0.4, -0.2) is 54.2 Å². The molecule has 1 aromatic heterocycles. The molecule has 8 nitrogen and oxygen atoms in total. The zero-order chi connectivity index (χ0) is 19.9. The fraction of sp³-hybridized carbons (Fsp3) is 0.842. The van der Waals surface area contributed by atoms with Gasteiger partial charge >= 0.3 is 0 Å². The van der Waals surface area contributed by atoms with E-state index in [1.165, 1.54) is 12.8 Å². The van der Waals surface area contributed by atoms with E-state index in [1.54, 1.807) is 13.8 Å². The molecule has 3 atom stereocenters. The minimum absolute atomic E-state index is 0.0623. The lowest BCUT2D eigenvalue weighted by atomic mass is 9.80. The second-order valence-corrected chi connectivity index (χ2v) is 10.8. The molecule has 3 aliphatic rings. The Morgan fingerprint density at radius 1 is 1.36 bits per heavy atom. The van der Waals surface area contributed by atoms with Crippen LogP contribution in [-0.2, 0) is 20.2 Å². The predicted octanol–water partition coefficient (Wildman–Crippen LogP) is 1.76. The fourth-order valence-electron chi connectivity index (χ4n) is 5.41. The first kappa shape index (κ1) is 19.8. The van der Waals surface area contributed by atoms with Crippen molar-refractivity contribution >= 4 is 15.9 Å². The monoisotopic (exact) mass is 410 g/mol. The van der Waals surface area contributed by atoms with Crippen molar-refractivity contribution in [2.45, 2.75) is 70.3 Å². The van der Waals surface area contributed by atoms with Crippen molar-refractivity contribution < 1.29 is 17.7 Å². The quantitative estimate of drug-likeness (QED) is 0.766. The molecular formula is C19H30N4O4S. The summed E-state index contributed by atoms with van der Waals surface area (Å²) >= 11 is 0. The van der Waals surface area contributed by atoms with E-state index in [1.807, 2.05) is 4.90 Å². The van der Waals surface area contributed by atoms with Crippen molar-refractivity contribution in [2.24, 2.45) is 11.8 Å². The fourth-order valence-corrected chi connectivity index (χ4v) is 6.26. The average Bonchev–Trinajstić information content (AvgIpc) is 3.38. The van der Waals surface area contributed by atoms with Gasteiger partial charge in [-0.3, -0.25) is 4.79 Å². The molecule has 1 N–H and O–H groups in total. The highest BCUT2D eigenvalue weighted by atomic mass is 32.2. The van der Waals surface area contributed by atoms with Crippen LogP contribution in [0.2, 0.25) is 0 Å². The van der Waals surface area contributed by atoms with Crippen LogP contribution in [0.15, 0.2) is 4.52 Å². The summed E-state index contributed by atoms with van der Waals surface area (Å²) in [5, 5.41) is 3.96. The molecule has 2 aliphatic carbocycles. The summed E-state index contributed by atoms with van der Waals surface area (Å²) in [5.74, 6) is 2.03. The van der Waals surface area contributed by atoms with Gasteiger partial charge in [0.2, 0.25) is 21.8 Å². The molecule has 1 saturated heterocycles. The van der Waals surface area contributed by atoms with Crippen LogP contribution >= 0.6 is 0 Å². The number of rotatable bonds is 6. The Morgan fingerprint density at radius 3 is 2.75 bits per heavy atom. The maximum Gasteiger partial charge on any atom is 0.235 e. The Balaban J connectivity index is 1.53. The van der Waals surface area contributed by atoms with Crippen LogP contribution in [0.4, 0.5) is 0 Å². The van der Waals surface area contributed by atoms with Crippen molar-refractivity contribution in [2.75, 3.05) is 18.8 Å². The summed E-state index contributed by atoms with van der Waals surface area (Å²) < 4.78 is 32.5. The lowest BCUT2D eigenvalue weighted by Gasteiger charge is -2.26. The van der Waals surface area contributed by atoms with E-state index in [2.05, 4.69) is 14.9 Å². The number of nitrogens with one attached hydrogen (secondary N) is 1. The lowest BCUT2D eigenvalue weighted by molar-refractivity contribution is -0.131. The molecule has 1 unspecified atom stereocenters. The van der Waals surface area contributed by atoms with Gasteiger partial charge in [-0.1, -0.05) is 18.0 Å². The lowest BCUT2D eigenvalue weighted by Crippen LogP contribution is -2.40. The summed E-state index contributed by atoms with van der Waals surface area (Å²) in [6.07, 6.45) is 6.66. The summed E-state index contributed by atoms with van der Waals surface area (Å²) in [5.41, 5.74) is -0.451. The minimum Gasteiger partial charge on any atom is -0.341 e. The molecule has 28 heavy (non-hydrogen) atoms. The number of fused-ring (bicyclic) bond motifs is 1. The summed E-state index contributed by atoms with van der Waals surface area (Å²) in [7, 11) is -3.28. The van der Waals surface area contributed by atoms with Gasteiger partial charge in [-0.15, -0.1) is 0 Å². The Bertz CT molecular complexity index is 833. The summed E-state index contributed by atoms with van der Waals surface area (Å²) in [6, 6.07) is -0.158. The molecule has 1 amide bonds. The normalized spacial score (nSPS) is 30.9. The van der Waals surface area contributed by atoms with E-state index in [0.29, 0.717) is 50.0 Å². The minimum atomic E-state index is -3.28. The van der Waals surface area contributed by atoms with E-state index in [9.17, 15) is 13.2 Å². The van der Waals surface area contributed by atoms with E-state index in [4.69, 9.17) is 4.52 Å². The van der Waals surface area contributed by atoms with Crippen LogP contribution in [0.5, 0.6) is 0 Å². The predicted molar refractivity (Wildman–Crippen MR) is 103 cm³/mol. The van der Waals surface area contributed by atoms with Crippen LogP contribution in [0.25, 0.3) is 0 Å². The van der Waals surface area contributed by atoms with Gasteiger partial charge < -0.3 is 9.42 Å². The molecule has 0 radical (unpaired) electrons. The Morgan fingerprint density at radius 2 is 2.11 bits per heavy atom. The highest BCUT2D eigenvalue weighted by Crippen LogP contribution is 2.50. The van der Waals surface area contributed by atoms with Crippen molar-refractivity contribution in [3.05, 3.63) is 11.7 Å². The number of hydrogen-bond acceptors (Lipinski definition) is 6. The van der Waals surface area contributed by atoms with Gasteiger partial charge in [0.25, 0.3) is 0 Å². The van der Waals surface area contributed by atoms with Crippen molar-refractivity contribution in [1.82, 2.24) is 19.8 Å². The van der Waals surface area contributed by atoms with Crippen molar-refractivity contribution in [3.63, 3.8) is 0 Å². The highest BCUT2D eigenvalue weighted by Gasteiger charge is 2.58. The number of carbonyl (C=O) groups is 1. The molecule has 1 aliphatic heterocycles. The van der Waals surface area contributed by atoms with E-state index < -0.39 is 15.4 Å². The number of aryl methyl sites for hydroxylation is 1. The van der Waals surface area contributed by atoms with Crippen LogP contribution in [0, 0.1) is 18.8 Å². The maximum absolute atomic E-state index is 12.9. The SMILES string of the molecule is CCS(=O)(=O)N[C@@H]1CC2CN(C(=O)CC3CCCC3)C[C@@]2(c2nc(C)no2)C1. The third-order valence-corrected chi connectivity index (χ3v) is 8.30. The number of sulfonamides is 1. The number of carbonyl (C=O) groups excluding carboxylic acids is 1. The number of amides is 1. The first-order chi connectivity index (χ1) is 13.3. The smallest absolute Gasteiger partial charge is 0.235 e. The first-order valence-electron chi connectivity index (χ1n) is 10.4. The molecular weight excluding hydrogens is 380 g/mol. The second-order valence-electron chi connectivity index (χ2n) is 8.79. The zero-order valence-electron chi connectivity index (χ0n) is 16.7. The van der Waals surface area contributed by atoms with Crippen molar-refractivity contribution in [1.29, 1.82) is 0 Å². The van der Waals surface area contributed by atoms with Crippen molar-refractivity contribution in [3.8, 4) is 0 Å². The van der Waals surface area contributed by atoms with Gasteiger partial charge in [0, 0.05) is 25.6 Å². The van der Waals surface area contributed by atoms with Crippen LogP contribution in [0.1, 0.15) is 63.6 Å². The molecule has 1 aromatic rings. The molecule has 0 spiro atoms. The molecule has 0 aromatic carbocycles. The average molecular weight is 411 g/mol. The van der Waals surface area contributed by atoms with Gasteiger partial charge in [0.1, 0.15) is 0 Å². The third-order valence-electron chi connectivity index (χ3n) is 6.85. The Hall–Kier alpha value is -1.48. The molecule has 0 bridgehead atoms. The zero-order valence-corrected chi connectivity index (χ0v) is 17.5. The number of nitrogens with zero attached hydrogens (tertiary/aromatic N) is 3. The van der Waals surface area contributed by atoms with Crippen LogP contribution in [0.3, 0.4) is 0 Å². The van der Waals surface area contributed by atoms with Gasteiger partial charge in [-0.05, 0) is 51.4 Å². The Labute approximate surface area is 166 Å². The number of likely N-dealkylation sites (tertiary alicyclic amines) is 1. The molecule has 156 valence electrons. The van der Waals surface area contributed by atoms with Gasteiger partial charge in [-0.2, -0.15) is 4.98 Å². The maximum atomic E-state index is 12.9. The summed E-state index contributed by atoms with van der Waals surface area (Å²) in [6.45, 7) is 4.59.